The predicted molar refractivity (Wildman–Crippen MR) is 67.1 cm³/mol. The largest absolute Gasteiger partial charge is 0.438 e. The number of ether oxygens (including phenoxy) is 1. The van der Waals surface area contributed by atoms with Gasteiger partial charge in [0, 0.05) is 11.8 Å². The maximum atomic E-state index is 5.78. The Morgan fingerprint density at radius 2 is 2.06 bits per heavy atom. The average Bonchev–Trinajstić information content (AvgIpc) is 2.34. The number of nitrogens with two attached hydrogens (primary N) is 1. The van der Waals surface area contributed by atoms with E-state index in [0.717, 1.165) is 23.3 Å². The van der Waals surface area contributed by atoms with Crippen LogP contribution in [-0.4, -0.2) is 9.97 Å². The van der Waals surface area contributed by atoms with Crippen molar-refractivity contribution < 1.29 is 4.74 Å². The lowest BCUT2D eigenvalue weighted by atomic mass is 10.1. The Morgan fingerprint density at radius 3 is 2.82 bits per heavy atom. The Hall–Kier alpha value is -2.10. The Morgan fingerprint density at radius 1 is 1.29 bits per heavy atom. The molecule has 0 amide bonds. The van der Waals surface area contributed by atoms with E-state index in [0.29, 0.717) is 5.88 Å². The molecule has 4 nitrogen and oxygen atoms in total. The van der Waals surface area contributed by atoms with Gasteiger partial charge in [0.15, 0.2) is 0 Å². The van der Waals surface area contributed by atoms with E-state index in [1.165, 1.54) is 0 Å². The van der Waals surface area contributed by atoms with Crippen molar-refractivity contribution in [1.82, 2.24) is 9.97 Å². The Balaban J connectivity index is 2.34. The highest BCUT2D eigenvalue weighted by molar-refractivity contribution is 5.38. The van der Waals surface area contributed by atoms with Crippen LogP contribution in [0.5, 0.6) is 11.6 Å². The summed E-state index contributed by atoms with van der Waals surface area (Å²) in [4.78, 5) is 8.00. The second kappa shape index (κ2) is 4.82. The van der Waals surface area contributed by atoms with Crippen LogP contribution in [0.2, 0.25) is 0 Å². The molecule has 0 unspecified atom stereocenters. The molecule has 0 atom stereocenters. The maximum absolute atomic E-state index is 5.78. The molecule has 0 aliphatic rings. The van der Waals surface area contributed by atoms with Crippen LogP contribution in [-0.2, 0) is 6.42 Å². The average molecular weight is 229 g/mol. The highest BCUT2D eigenvalue weighted by Crippen LogP contribution is 2.26. The molecule has 0 aliphatic heterocycles. The molecule has 1 aromatic heterocycles. The van der Waals surface area contributed by atoms with Crippen molar-refractivity contribution in [2.75, 3.05) is 5.73 Å². The second-order valence-corrected chi connectivity index (χ2v) is 3.78. The molecule has 0 bridgehead atoms. The van der Waals surface area contributed by atoms with Gasteiger partial charge in [-0.2, -0.15) is 4.98 Å². The number of aromatic nitrogens is 2. The lowest BCUT2D eigenvalue weighted by Gasteiger charge is -2.10. The molecular weight excluding hydrogens is 214 g/mol. The van der Waals surface area contributed by atoms with E-state index in [2.05, 4.69) is 16.9 Å². The van der Waals surface area contributed by atoms with Gasteiger partial charge in [-0.1, -0.05) is 25.1 Å². The van der Waals surface area contributed by atoms with Gasteiger partial charge in [-0.25, -0.2) is 4.98 Å². The molecule has 2 rings (SSSR count). The third-order valence-electron chi connectivity index (χ3n) is 2.50. The Bertz CT molecular complexity index is 526. The summed E-state index contributed by atoms with van der Waals surface area (Å²) in [7, 11) is 0. The standard InChI is InChI=1S/C13H15N3O/c1-3-10-6-4-5-7-11(10)17-12-9(2)8-15-13(14)16-12/h4-8H,3H2,1-2H3,(H2,14,15,16). The van der Waals surface area contributed by atoms with Crippen molar-refractivity contribution in [1.29, 1.82) is 0 Å². The molecule has 1 heterocycles. The molecule has 2 aromatic rings. The van der Waals surface area contributed by atoms with Crippen molar-refractivity contribution in [3.05, 3.63) is 41.6 Å². The van der Waals surface area contributed by atoms with E-state index in [1.807, 2.05) is 31.2 Å². The van der Waals surface area contributed by atoms with Gasteiger partial charge in [0.25, 0.3) is 0 Å². The smallest absolute Gasteiger partial charge is 0.226 e. The molecule has 0 radical (unpaired) electrons. The van der Waals surface area contributed by atoms with Gasteiger partial charge in [-0.05, 0) is 25.0 Å². The Labute approximate surface area is 100 Å². The summed E-state index contributed by atoms with van der Waals surface area (Å²) in [6, 6.07) is 7.90. The van der Waals surface area contributed by atoms with Gasteiger partial charge < -0.3 is 10.5 Å². The lowest BCUT2D eigenvalue weighted by Crippen LogP contribution is -2.00. The first-order valence-corrected chi connectivity index (χ1v) is 5.55. The second-order valence-electron chi connectivity index (χ2n) is 3.78. The van der Waals surface area contributed by atoms with E-state index < -0.39 is 0 Å². The number of nitrogen functional groups attached to an aromatic ring is 1. The number of rotatable bonds is 3. The van der Waals surface area contributed by atoms with Gasteiger partial charge in [0.1, 0.15) is 5.75 Å². The van der Waals surface area contributed by atoms with Crippen molar-refractivity contribution in [3.8, 4) is 11.6 Å². The number of para-hydroxylation sites is 1. The molecule has 0 saturated heterocycles. The molecule has 1 aromatic carbocycles. The monoisotopic (exact) mass is 229 g/mol. The molecule has 0 spiro atoms. The molecule has 17 heavy (non-hydrogen) atoms. The van der Waals surface area contributed by atoms with Crippen LogP contribution in [0.1, 0.15) is 18.1 Å². The van der Waals surface area contributed by atoms with Crippen LogP contribution < -0.4 is 10.5 Å². The molecule has 88 valence electrons. The van der Waals surface area contributed by atoms with Crippen molar-refractivity contribution >= 4 is 5.95 Å². The van der Waals surface area contributed by atoms with Gasteiger partial charge in [-0.3, -0.25) is 0 Å². The summed E-state index contributed by atoms with van der Waals surface area (Å²) in [5.41, 5.74) is 7.56. The quantitative estimate of drug-likeness (QED) is 0.879. The van der Waals surface area contributed by atoms with Gasteiger partial charge in [0.2, 0.25) is 11.8 Å². The van der Waals surface area contributed by atoms with E-state index in [9.17, 15) is 0 Å². The minimum atomic E-state index is 0.222. The minimum absolute atomic E-state index is 0.222. The lowest BCUT2D eigenvalue weighted by molar-refractivity contribution is 0.453. The first-order valence-electron chi connectivity index (χ1n) is 5.55. The first-order chi connectivity index (χ1) is 8.20. The molecule has 4 heteroatoms. The van der Waals surface area contributed by atoms with Gasteiger partial charge in [0.05, 0.1) is 0 Å². The summed E-state index contributed by atoms with van der Waals surface area (Å²) in [6.07, 6.45) is 2.57. The van der Waals surface area contributed by atoms with Crippen LogP contribution in [0, 0.1) is 6.92 Å². The number of nitrogens with zero attached hydrogens (tertiary/aromatic N) is 2. The fourth-order valence-corrected chi connectivity index (χ4v) is 1.54. The van der Waals surface area contributed by atoms with E-state index in [-0.39, 0.29) is 5.95 Å². The highest BCUT2D eigenvalue weighted by atomic mass is 16.5. The number of aryl methyl sites for hydroxylation is 2. The number of benzene rings is 1. The van der Waals surface area contributed by atoms with Crippen molar-refractivity contribution in [2.24, 2.45) is 0 Å². The van der Waals surface area contributed by atoms with Crippen molar-refractivity contribution in [2.45, 2.75) is 20.3 Å². The Kier molecular flexibility index (Phi) is 3.23. The summed E-state index contributed by atoms with van der Waals surface area (Å²) in [6.45, 7) is 3.98. The predicted octanol–water partition coefficient (Wildman–Crippen LogP) is 2.72. The number of anilines is 1. The van der Waals surface area contributed by atoms with Crippen LogP contribution >= 0.6 is 0 Å². The van der Waals surface area contributed by atoms with Crippen LogP contribution in [0.15, 0.2) is 30.5 Å². The van der Waals surface area contributed by atoms with E-state index in [4.69, 9.17) is 10.5 Å². The van der Waals surface area contributed by atoms with Gasteiger partial charge in [-0.15, -0.1) is 0 Å². The number of hydrogen-bond donors (Lipinski definition) is 1. The first kappa shape index (κ1) is 11.4. The zero-order valence-electron chi connectivity index (χ0n) is 9.97. The third-order valence-corrected chi connectivity index (χ3v) is 2.50. The third kappa shape index (κ3) is 2.53. The van der Waals surface area contributed by atoms with Crippen LogP contribution in [0.25, 0.3) is 0 Å². The highest BCUT2D eigenvalue weighted by Gasteiger charge is 2.07. The van der Waals surface area contributed by atoms with Crippen molar-refractivity contribution in [3.63, 3.8) is 0 Å². The van der Waals surface area contributed by atoms with Crippen LogP contribution in [0.4, 0.5) is 5.95 Å². The van der Waals surface area contributed by atoms with E-state index in [1.54, 1.807) is 6.20 Å². The molecule has 0 aliphatic carbocycles. The zero-order chi connectivity index (χ0) is 12.3. The summed E-state index contributed by atoms with van der Waals surface area (Å²) in [5.74, 6) is 1.55. The zero-order valence-corrected chi connectivity index (χ0v) is 9.97. The van der Waals surface area contributed by atoms with E-state index >= 15 is 0 Å². The fourth-order valence-electron chi connectivity index (χ4n) is 1.54. The molecule has 0 saturated carbocycles. The SMILES string of the molecule is CCc1ccccc1Oc1nc(N)ncc1C. The molecular formula is C13H15N3O. The normalized spacial score (nSPS) is 10.2. The summed E-state index contributed by atoms with van der Waals surface area (Å²) >= 11 is 0. The topological polar surface area (TPSA) is 61.0 Å². The van der Waals surface area contributed by atoms with Crippen LogP contribution in [0.3, 0.4) is 0 Å². The maximum Gasteiger partial charge on any atom is 0.226 e. The summed E-state index contributed by atoms with van der Waals surface area (Å²) < 4.78 is 5.78. The number of hydrogen-bond acceptors (Lipinski definition) is 4. The summed E-state index contributed by atoms with van der Waals surface area (Å²) in [5, 5.41) is 0. The fraction of sp³-hybridized carbons (Fsp3) is 0.231. The molecule has 0 fully saturated rings. The minimum Gasteiger partial charge on any atom is -0.438 e. The molecule has 2 N–H and O–H groups in total. The van der Waals surface area contributed by atoms with Gasteiger partial charge >= 0.3 is 0 Å².